The number of hydrogen-bond donors (Lipinski definition) is 2. The van der Waals surface area contributed by atoms with Gasteiger partial charge >= 0.3 is 12.1 Å². The SMILES string of the molecule is CC(C)C[C@@H](NC(=O)c1cc(F)cc(C(F)(F)F)c1)C(=O)O. The summed E-state index contributed by atoms with van der Waals surface area (Å²) in [7, 11) is 0. The minimum absolute atomic E-state index is 0.0559. The molecule has 1 aromatic carbocycles. The molecule has 0 aliphatic rings. The summed E-state index contributed by atoms with van der Waals surface area (Å²) in [6.07, 6.45) is -4.70. The molecule has 8 heteroatoms. The minimum atomic E-state index is -4.80. The van der Waals surface area contributed by atoms with Crippen LogP contribution in [0.1, 0.15) is 36.2 Å². The molecule has 1 rings (SSSR count). The van der Waals surface area contributed by atoms with Crippen LogP contribution in [0.15, 0.2) is 18.2 Å². The van der Waals surface area contributed by atoms with Crippen molar-refractivity contribution in [3.8, 4) is 0 Å². The van der Waals surface area contributed by atoms with E-state index >= 15 is 0 Å². The summed E-state index contributed by atoms with van der Waals surface area (Å²) < 4.78 is 51.0. The molecule has 1 amide bonds. The Labute approximate surface area is 124 Å². The van der Waals surface area contributed by atoms with E-state index in [-0.39, 0.29) is 18.4 Å². The fourth-order valence-electron chi connectivity index (χ4n) is 1.82. The van der Waals surface area contributed by atoms with E-state index < -0.39 is 41.0 Å². The fraction of sp³-hybridized carbons (Fsp3) is 0.429. The molecule has 0 heterocycles. The van der Waals surface area contributed by atoms with Gasteiger partial charge in [0.1, 0.15) is 11.9 Å². The molecule has 0 unspecified atom stereocenters. The van der Waals surface area contributed by atoms with E-state index in [1.165, 1.54) is 0 Å². The number of carbonyl (C=O) groups excluding carboxylic acids is 1. The van der Waals surface area contributed by atoms with Crippen LogP contribution in [-0.4, -0.2) is 23.0 Å². The molecule has 0 aliphatic carbocycles. The number of amides is 1. The first-order chi connectivity index (χ1) is 10.0. The summed E-state index contributed by atoms with van der Waals surface area (Å²) in [6, 6.07) is 0.107. The Balaban J connectivity index is 3.02. The van der Waals surface area contributed by atoms with Crippen molar-refractivity contribution in [3.63, 3.8) is 0 Å². The van der Waals surface area contributed by atoms with Crippen LogP contribution in [0.25, 0.3) is 0 Å². The van der Waals surface area contributed by atoms with Gasteiger partial charge in [-0.2, -0.15) is 13.2 Å². The van der Waals surface area contributed by atoms with Crippen molar-refractivity contribution in [3.05, 3.63) is 35.1 Å². The van der Waals surface area contributed by atoms with Gasteiger partial charge in [0.05, 0.1) is 5.56 Å². The van der Waals surface area contributed by atoms with Crippen LogP contribution in [-0.2, 0) is 11.0 Å². The Hall–Kier alpha value is -2.12. The highest BCUT2D eigenvalue weighted by atomic mass is 19.4. The summed E-state index contributed by atoms with van der Waals surface area (Å²) in [5.41, 5.74) is -1.89. The summed E-state index contributed by atoms with van der Waals surface area (Å²) in [5, 5.41) is 11.1. The lowest BCUT2D eigenvalue weighted by molar-refractivity contribution is -0.140. The quantitative estimate of drug-likeness (QED) is 0.819. The van der Waals surface area contributed by atoms with Crippen LogP contribution in [0.4, 0.5) is 17.6 Å². The first-order valence-electron chi connectivity index (χ1n) is 6.42. The van der Waals surface area contributed by atoms with Gasteiger partial charge in [-0.25, -0.2) is 9.18 Å². The standard InChI is InChI=1S/C14H15F4NO3/c1-7(2)3-11(13(21)22)19-12(20)8-4-9(14(16,17)18)6-10(15)5-8/h4-7,11H,3H2,1-2H3,(H,19,20)(H,21,22)/t11-/m1/s1. The highest BCUT2D eigenvalue weighted by Crippen LogP contribution is 2.30. The lowest BCUT2D eigenvalue weighted by Gasteiger charge is -2.17. The van der Waals surface area contributed by atoms with E-state index in [1.54, 1.807) is 13.8 Å². The molecule has 0 aliphatic heterocycles. The predicted molar refractivity (Wildman–Crippen MR) is 69.7 cm³/mol. The zero-order valence-electron chi connectivity index (χ0n) is 11.9. The molecule has 2 N–H and O–H groups in total. The number of hydrogen-bond acceptors (Lipinski definition) is 2. The van der Waals surface area contributed by atoms with Gasteiger partial charge < -0.3 is 10.4 Å². The molecule has 0 bridgehead atoms. The average Bonchev–Trinajstić information content (AvgIpc) is 2.35. The van der Waals surface area contributed by atoms with Crippen molar-refractivity contribution in [1.82, 2.24) is 5.32 Å². The second kappa shape index (κ2) is 6.76. The number of carbonyl (C=O) groups is 2. The monoisotopic (exact) mass is 321 g/mol. The lowest BCUT2D eigenvalue weighted by atomic mass is 10.0. The number of aliphatic carboxylic acids is 1. The number of carboxylic acids is 1. The maximum Gasteiger partial charge on any atom is 0.416 e. The largest absolute Gasteiger partial charge is 0.480 e. The van der Waals surface area contributed by atoms with E-state index in [0.717, 1.165) is 0 Å². The van der Waals surface area contributed by atoms with Crippen molar-refractivity contribution in [2.24, 2.45) is 5.92 Å². The molecule has 0 saturated carbocycles. The number of alkyl halides is 3. The fourth-order valence-corrected chi connectivity index (χ4v) is 1.82. The van der Waals surface area contributed by atoms with E-state index in [2.05, 4.69) is 5.32 Å². The summed E-state index contributed by atoms with van der Waals surface area (Å²) >= 11 is 0. The van der Waals surface area contributed by atoms with Crippen LogP contribution >= 0.6 is 0 Å². The van der Waals surface area contributed by atoms with Gasteiger partial charge in [0.25, 0.3) is 5.91 Å². The lowest BCUT2D eigenvalue weighted by Crippen LogP contribution is -2.41. The Kier molecular flexibility index (Phi) is 5.51. The Bertz CT molecular complexity index is 570. The number of halogens is 4. The van der Waals surface area contributed by atoms with Crippen molar-refractivity contribution in [2.45, 2.75) is 32.5 Å². The van der Waals surface area contributed by atoms with Gasteiger partial charge in [-0.05, 0) is 30.5 Å². The highest BCUT2D eigenvalue weighted by Gasteiger charge is 2.32. The first kappa shape index (κ1) is 17.9. The van der Waals surface area contributed by atoms with Crippen LogP contribution in [0.2, 0.25) is 0 Å². The molecular formula is C14H15F4NO3. The second-order valence-corrected chi connectivity index (χ2v) is 5.22. The third kappa shape index (κ3) is 5.01. The molecule has 122 valence electrons. The van der Waals surface area contributed by atoms with Crippen LogP contribution in [0.3, 0.4) is 0 Å². The molecule has 1 aromatic rings. The van der Waals surface area contributed by atoms with Crippen molar-refractivity contribution >= 4 is 11.9 Å². The molecule has 0 fully saturated rings. The maximum absolute atomic E-state index is 13.2. The third-order valence-corrected chi connectivity index (χ3v) is 2.80. The van der Waals surface area contributed by atoms with E-state index in [0.29, 0.717) is 12.1 Å². The molecule has 1 atom stereocenters. The van der Waals surface area contributed by atoms with Gasteiger partial charge in [-0.1, -0.05) is 13.8 Å². The smallest absolute Gasteiger partial charge is 0.416 e. The Morgan fingerprint density at radius 2 is 1.82 bits per heavy atom. The Morgan fingerprint density at radius 1 is 1.23 bits per heavy atom. The van der Waals surface area contributed by atoms with Gasteiger partial charge in [0, 0.05) is 5.56 Å². The molecule has 0 saturated heterocycles. The number of carboxylic acid groups (broad SMARTS) is 1. The second-order valence-electron chi connectivity index (χ2n) is 5.22. The van der Waals surface area contributed by atoms with Gasteiger partial charge in [-0.15, -0.1) is 0 Å². The molecule has 0 spiro atoms. The normalized spacial score (nSPS) is 13.0. The van der Waals surface area contributed by atoms with E-state index in [1.807, 2.05) is 0 Å². The molecule has 0 radical (unpaired) electrons. The summed E-state index contributed by atoms with van der Waals surface area (Å²) in [4.78, 5) is 22.9. The van der Waals surface area contributed by atoms with Crippen molar-refractivity contribution in [2.75, 3.05) is 0 Å². The van der Waals surface area contributed by atoms with Gasteiger partial charge in [0.2, 0.25) is 0 Å². The summed E-state index contributed by atoms with van der Waals surface area (Å²) in [6.45, 7) is 3.46. The topological polar surface area (TPSA) is 66.4 Å². The van der Waals surface area contributed by atoms with Crippen molar-refractivity contribution < 1.29 is 32.3 Å². The van der Waals surface area contributed by atoms with Gasteiger partial charge in [0.15, 0.2) is 0 Å². The zero-order chi connectivity index (χ0) is 17.1. The number of benzene rings is 1. The van der Waals surface area contributed by atoms with E-state index in [9.17, 15) is 27.2 Å². The minimum Gasteiger partial charge on any atom is -0.480 e. The zero-order valence-corrected chi connectivity index (χ0v) is 11.9. The third-order valence-electron chi connectivity index (χ3n) is 2.80. The highest BCUT2D eigenvalue weighted by molar-refractivity contribution is 5.96. The average molecular weight is 321 g/mol. The van der Waals surface area contributed by atoms with Gasteiger partial charge in [-0.3, -0.25) is 4.79 Å². The molecule has 4 nitrogen and oxygen atoms in total. The van der Waals surface area contributed by atoms with E-state index in [4.69, 9.17) is 5.11 Å². The number of rotatable bonds is 5. The molecule has 0 aromatic heterocycles. The summed E-state index contributed by atoms with van der Waals surface area (Å²) in [5.74, 6) is -3.66. The molecular weight excluding hydrogens is 306 g/mol. The van der Waals surface area contributed by atoms with Crippen LogP contribution in [0.5, 0.6) is 0 Å². The van der Waals surface area contributed by atoms with Crippen LogP contribution < -0.4 is 5.32 Å². The number of nitrogens with one attached hydrogen (secondary N) is 1. The first-order valence-corrected chi connectivity index (χ1v) is 6.42. The molecule has 22 heavy (non-hydrogen) atoms. The predicted octanol–water partition coefficient (Wildman–Crippen LogP) is 3.07. The van der Waals surface area contributed by atoms with Crippen LogP contribution in [0, 0.1) is 11.7 Å². The van der Waals surface area contributed by atoms with Crippen molar-refractivity contribution in [1.29, 1.82) is 0 Å². The Morgan fingerprint density at radius 3 is 2.27 bits per heavy atom. The maximum atomic E-state index is 13.2.